The highest BCUT2D eigenvalue weighted by molar-refractivity contribution is 5.98. The number of aromatic nitrogens is 2. The number of benzene rings is 1. The average Bonchev–Trinajstić information content (AvgIpc) is 2.65. The lowest BCUT2D eigenvalue weighted by atomic mass is 10.1. The average molecular weight is 364 g/mol. The third-order valence-corrected chi connectivity index (χ3v) is 4.10. The molecule has 2 aromatic heterocycles. The number of primary amides is 2. The Morgan fingerprint density at radius 1 is 1.11 bits per heavy atom. The van der Waals surface area contributed by atoms with Crippen molar-refractivity contribution in [3.05, 3.63) is 54.5 Å². The number of carbonyl (C=O) groups is 2. The molecule has 6 N–H and O–H groups in total. The number of fused-ring (bicyclic) bond motifs is 1. The van der Waals surface area contributed by atoms with Gasteiger partial charge in [-0.2, -0.15) is 0 Å². The Morgan fingerprint density at radius 2 is 1.93 bits per heavy atom. The van der Waals surface area contributed by atoms with Crippen LogP contribution < -0.4 is 22.1 Å². The standard InChI is InChI=1S/C19H20N6O2/c1-2-14(18(20)26)25-13-9-16(17(19(21)27)23-10-13)24-12-6-5-11-4-3-7-22-15(11)8-12/h3-10,14,24-25H,2H2,1H3,(H2,20,26)(H2,21,27)/t14-/m1/s1. The summed E-state index contributed by atoms with van der Waals surface area (Å²) in [5.41, 5.74) is 13.4. The molecule has 27 heavy (non-hydrogen) atoms. The minimum Gasteiger partial charge on any atom is -0.372 e. The maximum absolute atomic E-state index is 11.7. The second-order valence-corrected chi connectivity index (χ2v) is 6.03. The summed E-state index contributed by atoms with van der Waals surface area (Å²) in [6.45, 7) is 1.84. The first-order chi connectivity index (χ1) is 13.0. The first-order valence-electron chi connectivity index (χ1n) is 8.45. The number of hydrogen-bond acceptors (Lipinski definition) is 6. The molecule has 0 aliphatic rings. The van der Waals surface area contributed by atoms with Gasteiger partial charge in [0.05, 0.1) is 23.1 Å². The maximum Gasteiger partial charge on any atom is 0.269 e. The predicted molar refractivity (Wildman–Crippen MR) is 105 cm³/mol. The molecule has 2 amide bonds. The number of carbonyl (C=O) groups excluding carboxylic acids is 2. The number of amides is 2. The van der Waals surface area contributed by atoms with Crippen molar-refractivity contribution in [2.75, 3.05) is 10.6 Å². The van der Waals surface area contributed by atoms with Gasteiger partial charge in [0, 0.05) is 17.3 Å². The van der Waals surface area contributed by atoms with Gasteiger partial charge in [-0.25, -0.2) is 4.98 Å². The van der Waals surface area contributed by atoms with Crippen LogP contribution in [0.1, 0.15) is 23.8 Å². The molecule has 0 saturated carbocycles. The lowest BCUT2D eigenvalue weighted by Crippen LogP contribution is -2.34. The highest BCUT2D eigenvalue weighted by Gasteiger charge is 2.16. The third kappa shape index (κ3) is 4.12. The van der Waals surface area contributed by atoms with E-state index in [1.54, 1.807) is 12.3 Å². The van der Waals surface area contributed by atoms with Crippen molar-refractivity contribution in [2.45, 2.75) is 19.4 Å². The highest BCUT2D eigenvalue weighted by atomic mass is 16.1. The Kier molecular flexibility index (Phi) is 5.16. The summed E-state index contributed by atoms with van der Waals surface area (Å²) in [5, 5.41) is 7.15. The van der Waals surface area contributed by atoms with E-state index in [9.17, 15) is 9.59 Å². The van der Waals surface area contributed by atoms with E-state index in [0.717, 1.165) is 16.6 Å². The molecule has 0 aliphatic carbocycles. The van der Waals surface area contributed by atoms with Crippen LogP contribution in [0.25, 0.3) is 10.9 Å². The van der Waals surface area contributed by atoms with Crippen LogP contribution in [0.4, 0.5) is 17.1 Å². The van der Waals surface area contributed by atoms with Gasteiger partial charge in [-0.05, 0) is 30.7 Å². The van der Waals surface area contributed by atoms with Gasteiger partial charge in [0.1, 0.15) is 6.04 Å². The van der Waals surface area contributed by atoms with Crippen LogP contribution in [0.2, 0.25) is 0 Å². The van der Waals surface area contributed by atoms with Gasteiger partial charge in [-0.3, -0.25) is 14.6 Å². The van der Waals surface area contributed by atoms with E-state index in [1.165, 1.54) is 6.20 Å². The lowest BCUT2D eigenvalue weighted by molar-refractivity contribution is -0.118. The van der Waals surface area contributed by atoms with Crippen molar-refractivity contribution in [2.24, 2.45) is 11.5 Å². The minimum absolute atomic E-state index is 0.0915. The third-order valence-electron chi connectivity index (χ3n) is 4.10. The number of pyridine rings is 2. The highest BCUT2D eigenvalue weighted by Crippen LogP contribution is 2.25. The molecule has 0 radical (unpaired) electrons. The van der Waals surface area contributed by atoms with E-state index in [0.29, 0.717) is 17.8 Å². The molecule has 8 heteroatoms. The van der Waals surface area contributed by atoms with E-state index < -0.39 is 17.9 Å². The van der Waals surface area contributed by atoms with Gasteiger partial charge < -0.3 is 22.1 Å². The van der Waals surface area contributed by atoms with Crippen LogP contribution in [0, 0.1) is 0 Å². The first kappa shape index (κ1) is 18.1. The monoisotopic (exact) mass is 364 g/mol. The molecule has 0 unspecified atom stereocenters. The molecule has 0 fully saturated rings. The molecule has 3 rings (SSSR count). The van der Waals surface area contributed by atoms with Crippen LogP contribution in [-0.2, 0) is 4.79 Å². The first-order valence-corrected chi connectivity index (χ1v) is 8.45. The smallest absolute Gasteiger partial charge is 0.269 e. The van der Waals surface area contributed by atoms with Crippen LogP contribution in [-0.4, -0.2) is 27.8 Å². The van der Waals surface area contributed by atoms with Gasteiger partial charge in [-0.15, -0.1) is 0 Å². The molecule has 0 bridgehead atoms. The van der Waals surface area contributed by atoms with Crippen molar-refractivity contribution in [1.29, 1.82) is 0 Å². The van der Waals surface area contributed by atoms with Crippen LogP contribution >= 0.6 is 0 Å². The summed E-state index contributed by atoms with van der Waals surface area (Å²) >= 11 is 0. The Hall–Kier alpha value is -3.68. The van der Waals surface area contributed by atoms with Gasteiger partial charge in [0.2, 0.25) is 5.91 Å². The summed E-state index contributed by atoms with van der Waals surface area (Å²) < 4.78 is 0. The zero-order valence-electron chi connectivity index (χ0n) is 14.8. The Balaban J connectivity index is 1.94. The van der Waals surface area contributed by atoms with E-state index in [4.69, 9.17) is 11.5 Å². The number of anilines is 3. The molecule has 0 aliphatic heterocycles. The second-order valence-electron chi connectivity index (χ2n) is 6.03. The van der Waals surface area contributed by atoms with Crippen LogP contribution in [0.3, 0.4) is 0 Å². The van der Waals surface area contributed by atoms with Crippen LogP contribution in [0.15, 0.2) is 48.8 Å². The van der Waals surface area contributed by atoms with Crippen molar-refractivity contribution in [3.63, 3.8) is 0 Å². The second kappa shape index (κ2) is 7.69. The Labute approximate surface area is 156 Å². The molecular weight excluding hydrogens is 344 g/mol. The quantitative estimate of drug-likeness (QED) is 0.507. The molecule has 0 spiro atoms. The zero-order chi connectivity index (χ0) is 19.4. The van der Waals surface area contributed by atoms with Gasteiger partial charge in [0.25, 0.3) is 5.91 Å². The molecule has 1 atom stereocenters. The van der Waals surface area contributed by atoms with E-state index >= 15 is 0 Å². The normalized spacial score (nSPS) is 11.7. The fourth-order valence-electron chi connectivity index (χ4n) is 2.71. The number of hydrogen-bond donors (Lipinski definition) is 4. The van der Waals surface area contributed by atoms with Crippen LogP contribution in [0.5, 0.6) is 0 Å². The van der Waals surface area contributed by atoms with Crippen molar-refractivity contribution < 1.29 is 9.59 Å². The number of nitrogens with zero attached hydrogens (tertiary/aromatic N) is 2. The van der Waals surface area contributed by atoms with Crippen molar-refractivity contribution >= 4 is 39.8 Å². The topological polar surface area (TPSA) is 136 Å². The lowest BCUT2D eigenvalue weighted by Gasteiger charge is -2.17. The maximum atomic E-state index is 11.7. The predicted octanol–water partition coefficient (Wildman–Crippen LogP) is 2.15. The molecule has 138 valence electrons. The summed E-state index contributed by atoms with van der Waals surface area (Å²) in [6.07, 6.45) is 3.67. The molecule has 0 saturated heterocycles. The van der Waals surface area contributed by atoms with Gasteiger partial charge >= 0.3 is 0 Å². The Bertz CT molecular complexity index is 1000. The minimum atomic E-state index is -0.662. The molecular formula is C19H20N6O2. The number of rotatable bonds is 7. The van der Waals surface area contributed by atoms with Gasteiger partial charge in [0.15, 0.2) is 5.69 Å². The molecule has 8 nitrogen and oxygen atoms in total. The summed E-state index contributed by atoms with van der Waals surface area (Å²) in [4.78, 5) is 31.6. The zero-order valence-corrected chi connectivity index (χ0v) is 14.8. The van der Waals surface area contributed by atoms with Gasteiger partial charge in [-0.1, -0.05) is 19.1 Å². The molecule has 1 aromatic carbocycles. The van der Waals surface area contributed by atoms with E-state index in [2.05, 4.69) is 20.6 Å². The number of nitrogens with one attached hydrogen (secondary N) is 2. The summed E-state index contributed by atoms with van der Waals surface area (Å²) in [5.74, 6) is -1.13. The summed E-state index contributed by atoms with van der Waals surface area (Å²) in [6, 6.07) is 10.6. The summed E-state index contributed by atoms with van der Waals surface area (Å²) in [7, 11) is 0. The molecule has 2 heterocycles. The molecule has 3 aromatic rings. The fraction of sp³-hybridized carbons (Fsp3) is 0.158. The van der Waals surface area contributed by atoms with E-state index in [-0.39, 0.29) is 5.69 Å². The van der Waals surface area contributed by atoms with Crippen molar-refractivity contribution in [1.82, 2.24) is 9.97 Å². The SMILES string of the molecule is CC[C@@H](Nc1cnc(C(N)=O)c(Nc2ccc3cccnc3c2)c1)C(N)=O. The van der Waals surface area contributed by atoms with Crippen molar-refractivity contribution in [3.8, 4) is 0 Å². The largest absolute Gasteiger partial charge is 0.372 e. The Morgan fingerprint density at radius 3 is 2.63 bits per heavy atom. The number of nitrogens with two attached hydrogens (primary N) is 2. The van der Waals surface area contributed by atoms with E-state index in [1.807, 2.05) is 37.3 Å². The fourth-order valence-corrected chi connectivity index (χ4v) is 2.71.